The van der Waals surface area contributed by atoms with Crippen LogP contribution in [0.25, 0.3) is 85.1 Å². The summed E-state index contributed by atoms with van der Waals surface area (Å²) < 4.78 is 76.8. The van der Waals surface area contributed by atoms with Crippen molar-refractivity contribution in [2.45, 2.75) is 267 Å². The van der Waals surface area contributed by atoms with Crippen LogP contribution in [0.4, 0.5) is 26.3 Å². The Labute approximate surface area is 712 Å². The Kier molecular flexibility index (Phi) is 33.0. The van der Waals surface area contributed by atoms with Crippen LogP contribution in [-0.4, -0.2) is 44.1 Å². The summed E-state index contributed by atoms with van der Waals surface area (Å²) in [5.74, 6) is -2.68. The standard InChI is InChI=1S/2C37H42NS.C13H21F3O2.C11H17F3O2.2Ir/c2*1-22(2)31-29-15-16-38-33(27-19-26-13-11-12-14-28(26)30(20-27)37(8,9)10)34(29)39-35(31)32-23(3)17-25(18-24(32)4)21-36(5,6)7;1-4-9(5-2)11(17)7-12(18)10(6-3)8-13(14,15)16;1-9(2,3)7(15)6-8(16)10(4,5)11(12,13)14;;/h2*11-18,20,22H,21H2,1-10H3;7,9-10,18H,4-6,8H2,1-3H3;6,15H,1-5H3;;/q2*-1;;;;. The number of aromatic nitrogens is 2. The number of hydrogen-bond donors (Lipinski definition) is 2. The van der Waals surface area contributed by atoms with Crippen LogP contribution >= 0.6 is 22.7 Å². The third-order valence-corrected chi connectivity index (χ3v) is 23.1. The number of alkyl halides is 6. The molecule has 10 rings (SSSR count). The Morgan fingerprint density at radius 1 is 0.491 bits per heavy atom. The molecule has 1 unspecified atom stereocenters. The molecule has 16 heteroatoms. The van der Waals surface area contributed by atoms with Gasteiger partial charge < -0.3 is 10.2 Å². The molecule has 4 heterocycles. The van der Waals surface area contributed by atoms with E-state index in [4.69, 9.17) is 9.97 Å². The van der Waals surface area contributed by atoms with Crippen molar-refractivity contribution in [2.24, 2.45) is 33.5 Å². The summed E-state index contributed by atoms with van der Waals surface area (Å²) in [6.07, 6.45) is -0.882. The number of halogens is 6. The quantitative estimate of drug-likeness (QED) is 0.0408. The third-order valence-electron chi connectivity index (χ3n) is 20.7. The second kappa shape index (κ2) is 38.4. The number of benzene rings is 6. The van der Waals surface area contributed by atoms with Crippen molar-refractivity contribution in [2.75, 3.05) is 0 Å². The van der Waals surface area contributed by atoms with Gasteiger partial charge in [-0.15, -0.1) is 81.0 Å². The van der Waals surface area contributed by atoms with Gasteiger partial charge in [0.05, 0.1) is 12.2 Å². The second-order valence-corrected chi connectivity index (χ2v) is 39.3. The summed E-state index contributed by atoms with van der Waals surface area (Å²) >= 11 is 3.82. The zero-order chi connectivity index (χ0) is 84.3. The van der Waals surface area contributed by atoms with E-state index in [9.17, 15) is 46.1 Å². The first-order valence-corrected chi connectivity index (χ1v) is 41.2. The number of fused-ring (bicyclic) bond motifs is 4. The molecule has 0 aliphatic heterocycles. The average molecular weight is 1950 g/mol. The van der Waals surface area contributed by atoms with Crippen molar-refractivity contribution in [1.29, 1.82) is 0 Å². The largest absolute Gasteiger partial charge is 0.512 e. The topological polar surface area (TPSA) is 100 Å². The molecule has 0 aliphatic rings. The van der Waals surface area contributed by atoms with Gasteiger partial charge in [0.15, 0.2) is 11.6 Å². The van der Waals surface area contributed by atoms with E-state index in [1.807, 2.05) is 48.9 Å². The average Bonchev–Trinajstić information content (AvgIpc) is 1.58. The molecule has 4 aromatic heterocycles. The molecular formula is C98H122F6Ir2N2O4S2-2. The summed E-state index contributed by atoms with van der Waals surface area (Å²) in [5, 5.41) is 26.6. The van der Waals surface area contributed by atoms with Crippen LogP contribution in [0.15, 0.2) is 133 Å². The van der Waals surface area contributed by atoms with Gasteiger partial charge in [0.25, 0.3) is 0 Å². The minimum absolute atomic E-state index is 0. The van der Waals surface area contributed by atoms with Gasteiger partial charge in [-0.3, -0.25) is 19.6 Å². The molecule has 0 saturated carbocycles. The smallest absolute Gasteiger partial charge is 0.401 e. The van der Waals surface area contributed by atoms with E-state index in [-0.39, 0.29) is 85.8 Å². The van der Waals surface area contributed by atoms with Crippen LogP contribution in [0.1, 0.15) is 259 Å². The number of carbonyl (C=O) groups is 2. The maximum atomic E-state index is 12.5. The summed E-state index contributed by atoms with van der Waals surface area (Å²) in [7, 11) is 0. The predicted octanol–water partition coefficient (Wildman–Crippen LogP) is 30.5. The number of rotatable bonds is 17. The van der Waals surface area contributed by atoms with Gasteiger partial charge in [-0.2, -0.15) is 26.3 Å². The summed E-state index contributed by atoms with van der Waals surface area (Å²) in [4.78, 5) is 35.9. The van der Waals surface area contributed by atoms with Gasteiger partial charge in [-0.25, -0.2) is 0 Å². The molecule has 0 bridgehead atoms. The first-order valence-electron chi connectivity index (χ1n) is 39.5. The number of pyridine rings is 2. The molecule has 0 saturated heterocycles. The van der Waals surface area contributed by atoms with Gasteiger partial charge in [-0.05, 0) is 186 Å². The number of hydrogen-bond acceptors (Lipinski definition) is 8. The molecule has 10 aromatic rings. The number of carbonyl (C=O) groups excluding carboxylic acids is 2. The number of aliphatic hydroxyl groups is 2. The molecule has 6 nitrogen and oxygen atoms in total. The maximum Gasteiger partial charge on any atom is 0.401 e. The van der Waals surface area contributed by atoms with Gasteiger partial charge in [-0.1, -0.05) is 235 Å². The number of thiophene rings is 2. The van der Waals surface area contributed by atoms with E-state index in [2.05, 4.69) is 248 Å². The maximum absolute atomic E-state index is 12.5. The Hall–Kier alpha value is -6.64. The van der Waals surface area contributed by atoms with Crippen LogP contribution in [0, 0.1) is 73.3 Å². The second-order valence-electron chi connectivity index (χ2n) is 37.2. The number of ketones is 2. The predicted molar refractivity (Wildman–Crippen MR) is 464 cm³/mol. The van der Waals surface area contributed by atoms with E-state index in [1.165, 1.54) is 107 Å². The minimum atomic E-state index is -4.63. The zero-order valence-corrected chi connectivity index (χ0v) is 78.9. The first-order chi connectivity index (χ1) is 51.5. The molecule has 114 heavy (non-hydrogen) atoms. The summed E-state index contributed by atoms with van der Waals surface area (Å²) in [5.41, 5.74) is 18.3. The molecule has 2 N–H and O–H groups in total. The first kappa shape index (κ1) is 97.9. The van der Waals surface area contributed by atoms with Crippen LogP contribution in [-0.2, 0) is 73.5 Å². The van der Waals surface area contributed by atoms with Crippen molar-refractivity contribution >= 4 is 76.0 Å². The van der Waals surface area contributed by atoms with Crippen LogP contribution in [0.2, 0.25) is 0 Å². The molecule has 6 aromatic carbocycles. The molecule has 0 aliphatic carbocycles. The number of aliphatic hydroxyl groups excluding tert-OH is 2. The van der Waals surface area contributed by atoms with Crippen LogP contribution < -0.4 is 0 Å². The van der Waals surface area contributed by atoms with E-state index in [0.717, 1.165) is 66.1 Å². The Morgan fingerprint density at radius 2 is 0.842 bits per heavy atom. The van der Waals surface area contributed by atoms with Crippen molar-refractivity contribution < 1.29 is 86.4 Å². The molecule has 0 fully saturated rings. The van der Waals surface area contributed by atoms with Crippen LogP contribution in [0.5, 0.6) is 0 Å². The number of aryl methyl sites for hydroxylation is 4. The van der Waals surface area contributed by atoms with Gasteiger partial charge in [0.2, 0.25) is 0 Å². The molecule has 0 amide bonds. The van der Waals surface area contributed by atoms with E-state index in [0.29, 0.717) is 30.8 Å². The molecule has 1 atom stereocenters. The number of nitrogens with zero attached hydrogens (tertiary/aromatic N) is 2. The van der Waals surface area contributed by atoms with Crippen molar-refractivity contribution in [1.82, 2.24) is 9.97 Å². The summed E-state index contributed by atoms with van der Waals surface area (Å²) in [6, 6.07) is 43.5. The van der Waals surface area contributed by atoms with E-state index >= 15 is 0 Å². The molecule has 622 valence electrons. The molecule has 0 spiro atoms. The number of allylic oxidation sites excluding steroid dienone is 4. The van der Waals surface area contributed by atoms with Gasteiger partial charge >= 0.3 is 12.4 Å². The fraction of sp³-hybridized carbons (Fsp3) is 0.469. The molecule has 2 radical (unpaired) electrons. The van der Waals surface area contributed by atoms with Gasteiger partial charge in [0.1, 0.15) is 11.2 Å². The Bertz CT molecular complexity index is 4790. The van der Waals surface area contributed by atoms with Crippen LogP contribution in [0.3, 0.4) is 0 Å². The Balaban J connectivity index is 0.000000290. The Morgan fingerprint density at radius 3 is 1.14 bits per heavy atom. The SMILES string of the molecule is CC(C)(C)C(O)=CC(=O)C(C)(C)C(F)(F)F.CCC(CC)C(=O)C=C(O)C(CC)CC(F)(F)F.Cc1cc(CC(C)(C)C)cc(C)c1-c1sc2c(-c3[c-]c4ccccc4c(C(C)(C)C)c3)nccc2c1C(C)C.Cc1cc(CC(C)(C)C)cc(C)c1-c1sc2c(-c3[c-]c4ccccc4c(C(C)(C)C)c3)nccc2c1C(C)C.[Ir].[Ir]. The summed E-state index contributed by atoms with van der Waals surface area (Å²) in [6.45, 7) is 57.7. The third kappa shape index (κ3) is 24.3. The molecular weight excluding hydrogens is 1830 g/mol. The van der Waals surface area contributed by atoms with Gasteiger partial charge in [0, 0.05) is 113 Å². The fourth-order valence-corrected chi connectivity index (χ4v) is 17.9. The zero-order valence-electron chi connectivity index (χ0n) is 72.5. The monoisotopic (exact) mass is 1950 g/mol. The normalized spacial score (nSPS) is 13.2. The van der Waals surface area contributed by atoms with Crippen molar-refractivity contribution in [3.05, 3.63) is 201 Å². The van der Waals surface area contributed by atoms with Crippen molar-refractivity contribution in [3.63, 3.8) is 0 Å². The van der Waals surface area contributed by atoms with E-state index in [1.54, 1.807) is 27.7 Å². The fourth-order valence-electron chi connectivity index (χ4n) is 14.7. The van der Waals surface area contributed by atoms with Crippen molar-refractivity contribution in [3.8, 4) is 43.4 Å². The minimum Gasteiger partial charge on any atom is -0.512 e. The van der Waals surface area contributed by atoms with E-state index < -0.39 is 47.1 Å².